The van der Waals surface area contributed by atoms with Gasteiger partial charge in [-0.1, -0.05) is 48.6 Å². The predicted octanol–water partition coefficient (Wildman–Crippen LogP) is 4.14. The van der Waals surface area contributed by atoms with Gasteiger partial charge in [0.1, 0.15) is 30.5 Å². The maximum absolute atomic E-state index is 14.1. The Morgan fingerprint density at radius 3 is 2.42 bits per heavy atom. The van der Waals surface area contributed by atoms with Crippen LogP contribution in [-0.2, 0) is 13.2 Å². The van der Waals surface area contributed by atoms with Gasteiger partial charge >= 0.3 is 0 Å². The fourth-order valence-electron chi connectivity index (χ4n) is 4.25. The molecule has 2 aromatic carbocycles. The molecule has 1 N–H and O–H groups in total. The first-order valence-corrected chi connectivity index (χ1v) is 12.7. The van der Waals surface area contributed by atoms with Crippen molar-refractivity contribution in [1.29, 1.82) is 0 Å². The third-order valence-corrected chi connectivity index (χ3v) is 6.75. The minimum atomic E-state index is -0.831. The lowest BCUT2D eigenvalue weighted by Crippen LogP contribution is -2.59. The number of amides is 2. The maximum atomic E-state index is 14.1. The van der Waals surface area contributed by atoms with E-state index in [0.29, 0.717) is 6.07 Å². The van der Waals surface area contributed by atoms with Crippen LogP contribution in [0.3, 0.4) is 0 Å². The van der Waals surface area contributed by atoms with Crippen molar-refractivity contribution in [2.24, 2.45) is 0 Å². The minimum absolute atomic E-state index is 0.0315. The molecule has 0 saturated heterocycles. The standard InChI is InChI=1S/C30H30F2N4O4/c1-5-19(3)34-18-36(20(4)6-2)35-16-24(29(38)33-15-22-12-13-23(31)14-25(22)32)27(37)28(26(35)30(34)39)40-17-21-10-8-7-9-11-21/h5-14,16,19-20H,1-2,15,17-18H2,3-4H3,(H,33,38). The van der Waals surface area contributed by atoms with Gasteiger partial charge in [0.05, 0.1) is 6.04 Å². The second kappa shape index (κ2) is 12.0. The third-order valence-electron chi connectivity index (χ3n) is 6.75. The van der Waals surface area contributed by atoms with Crippen molar-refractivity contribution < 1.29 is 23.1 Å². The number of halogens is 2. The Bertz CT molecular complexity index is 1510. The summed E-state index contributed by atoms with van der Waals surface area (Å²) in [6.45, 7) is 11.1. The zero-order valence-electron chi connectivity index (χ0n) is 22.3. The number of carbonyl (C=O) groups excluding carboxylic acids is 2. The van der Waals surface area contributed by atoms with Gasteiger partial charge in [-0.2, -0.15) is 0 Å². The van der Waals surface area contributed by atoms with Gasteiger partial charge in [0.2, 0.25) is 5.43 Å². The van der Waals surface area contributed by atoms with E-state index in [2.05, 4.69) is 18.5 Å². The molecule has 208 valence electrons. The third kappa shape index (κ3) is 5.66. The zero-order chi connectivity index (χ0) is 29.0. The molecular formula is C30H30F2N4O4. The van der Waals surface area contributed by atoms with E-state index < -0.39 is 28.9 Å². The number of ether oxygens (including phenoxy) is 1. The molecule has 0 aliphatic carbocycles. The quantitative estimate of drug-likeness (QED) is 0.385. The largest absolute Gasteiger partial charge is 0.482 e. The Hall–Kier alpha value is -4.73. The van der Waals surface area contributed by atoms with Gasteiger partial charge in [0.25, 0.3) is 11.8 Å². The number of rotatable bonds is 10. The fraction of sp³-hybridized carbons (Fsp3) is 0.233. The first kappa shape index (κ1) is 28.3. The summed E-state index contributed by atoms with van der Waals surface area (Å²) in [6, 6.07) is 11.4. The summed E-state index contributed by atoms with van der Waals surface area (Å²) in [5.41, 5.74) is -0.367. The Labute approximate surface area is 230 Å². The maximum Gasteiger partial charge on any atom is 0.278 e. The molecular weight excluding hydrogens is 518 g/mol. The molecule has 3 aromatic rings. The molecule has 40 heavy (non-hydrogen) atoms. The van der Waals surface area contributed by atoms with Gasteiger partial charge in [-0.05, 0) is 25.5 Å². The van der Waals surface area contributed by atoms with E-state index in [1.165, 1.54) is 21.8 Å². The summed E-state index contributed by atoms with van der Waals surface area (Å²) >= 11 is 0. The molecule has 4 rings (SSSR count). The lowest BCUT2D eigenvalue weighted by molar-refractivity contribution is 0.0641. The highest BCUT2D eigenvalue weighted by Gasteiger charge is 2.37. The van der Waals surface area contributed by atoms with Crippen LogP contribution in [-0.4, -0.2) is 40.1 Å². The molecule has 0 spiro atoms. The molecule has 2 atom stereocenters. The molecule has 2 amide bonds. The van der Waals surface area contributed by atoms with Crippen LogP contribution in [0.5, 0.6) is 5.75 Å². The molecule has 10 heteroatoms. The summed E-state index contributed by atoms with van der Waals surface area (Å²) < 4.78 is 34.8. The van der Waals surface area contributed by atoms with Crippen molar-refractivity contribution in [2.75, 3.05) is 11.7 Å². The van der Waals surface area contributed by atoms with Crippen LogP contribution in [0.25, 0.3) is 0 Å². The Balaban J connectivity index is 1.81. The molecule has 1 aliphatic rings. The predicted molar refractivity (Wildman–Crippen MR) is 148 cm³/mol. The van der Waals surface area contributed by atoms with E-state index in [1.54, 1.807) is 36.2 Å². The Kier molecular flexibility index (Phi) is 8.47. The average Bonchev–Trinajstić information content (AvgIpc) is 2.95. The van der Waals surface area contributed by atoms with Crippen LogP contribution in [0.2, 0.25) is 0 Å². The van der Waals surface area contributed by atoms with Crippen LogP contribution < -0.4 is 20.5 Å². The number of fused-ring (bicyclic) bond motifs is 1. The molecule has 1 aliphatic heterocycles. The zero-order valence-corrected chi connectivity index (χ0v) is 22.3. The highest BCUT2D eigenvalue weighted by atomic mass is 19.1. The summed E-state index contributed by atoms with van der Waals surface area (Å²) in [5, 5.41) is 4.27. The molecule has 0 radical (unpaired) electrons. The van der Waals surface area contributed by atoms with Gasteiger partial charge in [-0.15, -0.1) is 13.2 Å². The van der Waals surface area contributed by atoms with Crippen LogP contribution in [0.15, 0.2) is 84.8 Å². The number of benzene rings is 2. The molecule has 0 saturated carbocycles. The van der Waals surface area contributed by atoms with Crippen molar-refractivity contribution in [3.05, 3.63) is 124 Å². The Morgan fingerprint density at radius 1 is 1.07 bits per heavy atom. The number of nitrogens with zero attached hydrogens (tertiary/aromatic N) is 3. The molecule has 8 nitrogen and oxygen atoms in total. The van der Waals surface area contributed by atoms with Gasteiger partial charge in [0.15, 0.2) is 11.4 Å². The smallest absolute Gasteiger partial charge is 0.278 e. The van der Waals surface area contributed by atoms with Gasteiger partial charge in [-0.25, -0.2) is 8.78 Å². The van der Waals surface area contributed by atoms with Crippen molar-refractivity contribution in [3.8, 4) is 5.75 Å². The van der Waals surface area contributed by atoms with Crippen LogP contribution in [0.4, 0.5) is 8.78 Å². The summed E-state index contributed by atoms with van der Waals surface area (Å²) in [5.74, 6) is -3.16. The SMILES string of the molecule is C=CC(C)N1CN(C(C)C=C)n2cc(C(=O)NCc3ccc(F)cc3F)c(=O)c(OCc3ccccc3)c2C1=O. The van der Waals surface area contributed by atoms with E-state index in [9.17, 15) is 23.2 Å². The fourth-order valence-corrected chi connectivity index (χ4v) is 4.25. The van der Waals surface area contributed by atoms with Gasteiger partial charge in [0, 0.05) is 30.4 Å². The molecule has 0 bridgehead atoms. The van der Waals surface area contributed by atoms with E-state index in [1.807, 2.05) is 25.1 Å². The monoisotopic (exact) mass is 548 g/mol. The van der Waals surface area contributed by atoms with Crippen molar-refractivity contribution in [2.45, 2.75) is 39.1 Å². The summed E-state index contributed by atoms with van der Waals surface area (Å²) in [7, 11) is 0. The second-order valence-electron chi connectivity index (χ2n) is 9.40. The van der Waals surface area contributed by atoms with E-state index in [0.717, 1.165) is 11.6 Å². The van der Waals surface area contributed by atoms with Crippen LogP contribution in [0, 0.1) is 11.6 Å². The first-order valence-electron chi connectivity index (χ1n) is 12.7. The average molecular weight is 549 g/mol. The van der Waals surface area contributed by atoms with Crippen molar-refractivity contribution in [3.63, 3.8) is 0 Å². The van der Waals surface area contributed by atoms with Gasteiger partial charge in [-0.3, -0.25) is 24.1 Å². The number of carbonyl (C=O) groups is 2. The topological polar surface area (TPSA) is 83.9 Å². The molecule has 2 heterocycles. The number of pyridine rings is 1. The van der Waals surface area contributed by atoms with Crippen molar-refractivity contribution in [1.82, 2.24) is 14.9 Å². The van der Waals surface area contributed by atoms with Crippen LogP contribution >= 0.6 is 0 Å². The van der Waals surface area contributed by atoms with Crippen molar-refractivity contribution >= 4 is 11.8 Å². The highest BCUT2D eigenvalue weighted by Crippen LogP contribution is 2.26. The van der Waals surface area contributed by atoms with E-state index >= 15 is 0 Å². The molecule has 2 unspecified atom stereocenters. The van der Waals surface area contributed by atoms with Crippen LogP contribution in [0.1, 0.15) is 45.8 Å². The highest BCUT2D eigenvalue weighted by molar-refractivity contribution is 5.99. The summed E-state index contributed by atoms with van der Waals surface area (Å²) in [6.07, 6.45) is 4.55. The summed E-state index contributed by atoms with van der Waals surface area (Å²) in [4.78, 5) is 42.2. The first-order chi connectivity index (χ1) is 19.2. The number of hydrogen-bond donors (Lipinski definition) is 1. The Morgan fingerprint density at radius 2 is 1.77 bits per heavy atom. The van der Waals surface area contributed by atoms with E-state index in [-0.39, 0.29) is 54.5 Å². The number of hydrogen-bond acceptors (Lipinski definition) is 5. The number of nitrogens with one attached hydrogen (secondary N) is 1. The second-order valence-corrected chi connectivity index (χ2v) is 9.40. The van der Waals surface area contributed by atoms with E-state index in [4.69, 9.17) is 4.74 Å². The lowest BCUT2D eigenvalue weighted by Gasteiger charge is -2.44. The van der Waals surface area contributed by atoms with Gasteiger partial charge < -0.3 is 15.0 Å². The molecule has 0 fully saturated rings. The number of aromatic nitrogens is 1. The lowest BCUT2D eigenvalue weighted by atomic mass is 10.1. The molecule has 1 aromatic heterocycles. The normalized spacial score (nSPS) is 14.2. The minimum Gasteiger partial charge on any atom is -0.482 e.